The maximum absolute atomic E-state index is 11.2. The molecule has 0 atom stereocenters. The van der Waals surface area contributed by atoms with Gasteiger partial charge in [0.25, 0.3) is 0 Å². The highest BCUT2D eigenvalue weighted by Gasteiger charge is 2.16. The minimum Gasteiger partial charge on any atom is -0.465 e. The molecule has 0 saturated heterocycles. The van der Waals surface area contributed by atoms with Crippen molar-refractivity contribution < 1.29 is 9.53 Å². The van der Waals surface area contributed by atoms with Crippen LogP contribution in [0, 0.1) is 0 Å². The number of thiazole rings is 1. The first-order chi connectivity index (χ1) is 6.69. The summed E-state index contributed by atoms with van der Waals surface area (Å²) in [4.78, 5) is 15.5. The van der Waals surface area contributed by atoms with Gasteiger partial charge in [-0.1, -0.05) is 29.9 Å². The third-order valence-corrected chi connectivity index (χ3v) is 2.86. The van der Waals surface area contributed by atoms with Gasteiger partial charge in [-0.25, -0.2) is 9.78 Å². The van der Waals surface area contributed by atoms with Crippen molar-refractivity contribution in [3.8, 4) is 0 Å². The summed E-state index contributed by atoms with van der Waals surface area (Å²) in [5.41, 5.74) is 0. The van der Waals surface area contributed by atoms with Crippen LogP contribution in [0.2, 0.25) is 5.15 Å². The van der Waals surface area contributed by atoms with Crippen LogP contribution in [0.1, 0.15) is 23.0 Å². The predicted octanol–water partition coefficient (Wildman–Crippen LogP) is 2.41. The first-order valence-electron chi connectivity index (χ1n) is 4.17. The zero-order chi connectivity index (χ0) is 10.6. The molecule has 0 aromatic carbocycles. The van der Waals surface area contributed by atoms with Crippen LogP contribution in [-0.4, -0.2) is 24.6 Å². The molecule has 0 saturated carbocycles. The number of esters is 1. The minimum absolute atomic E-state index is 0.195. The summed E-state index contributed by atoms with van der Waals surface area (Å²) < 4.78 is 4.55. The number of anilines is 1. The molecule has 1 aromatic heterocycles. The SMILES string of the molecule is CCCNc1nc(Cl)c(C(=O)OC)s1. The largest absolute Gasteiger partial charge is 0.465 e. The third kappa shape index (κ3) is 2.59. The maximum Gasteiger partial charge on any atom is 0.351 e. The molecule has 1 rings (SSSR count). The van der Waals surface area contributed by atoms with Crippen molar-refractivity contribution in [1.82, 2.24) is 4.98 Å². The molecule has 0 radical (unpaired) electrons. The number of nitrogens with zero attached hydrogens (tertiary/aromatic N) is 1. The number of rotatable bonds is 4. The Morgan fingerprint density at radius 2 is 2.43 bits per heavy atom. The molecular formula is C8H11ClN2O2S. The summed E-state index contributed by atoms with van der Waals surface area (Å²) in [6.45, 7) is 2.86. The standard InChI is InChI=1S/C8H11ClN2O2S/c1-3-4-10-8-11-6(9)5(14-8)7(12)13-2/h3-4H2,1-2H3,(H,10,11). The van der Waals surface area contributed by atoms with Crippen LogP contribution in [0.15, 0.2) is 0 Å². The fourth-order valence-corrected chi connectivity index (χ4v) is 1.96. The highest BCUT2D eigenvalue weighted by atomic mass is 35.5. The van der Waals surface area contributed by atoms with Crippen molar-refractivity contribution in [2.45, 2.75) is 13.3 Å². The van der Waals surface area contributed by atoms with Gasteiger partial charge in [0.1, 0.15) is 0 Å². The van der Waals surface area contributed by atoms with E-state index in [-0.39, 0.29) is 5.15 Å². The Morgan fingerprint density at radius 1 is 1.71 bits per heavy atom. The van der Waals surface area contributed by atoms with E-state index in [4.69, 9.17) is 11.6 Å². The molecule has 4 nitrogen and oxygen atoms in total. The molecule has 0 aliphatic rings. The van der Waals surface area contributed by atoms with E-state index in [9.17, 15) is 4.79 Å². The second kappa shape index (κ2) is 5.17. The van der Waals surface area contributed by atoms with Gasteiger partial charge in [-0.2, -0.15) is 0 Å². The maximum atomic E-state index is 11.2. The van der Waals surface area contributed by atoms with E-state index in [0.717, 1.165) is 13.0 Å². The Balaban J connectivity index is 2.77. The Kier molecular flexibility index (Phi) is 4.16. The van der Waals surface area contributed by atoms with Crippen LogP contribution in [0.4, 0.5) is 5.13 Å². The lowest BCUT2D eigenvalue weighted by Gasteiger charge is -1.96. The number of carbonyl (C=O) groups is 1. The van der Waals surface area contributed by atoms with Gasteiger partial charge in [0.15, 0.2) is 15.2 Å². The van der Waals surface area contributed by atoms with Gasteiger partial charge in [0, 0.05) is 6.54 Å². The van der Waals surface area contributed by atoms with Crippen molar-refractivity contribution >= 4 is 34.0 Å². The number of halogens is 1. The van der Waals surface area contributed by atoms with Gasteiger partial charge in [0.05, 0.1) is 7.11 Å². The number of nitrogens with one attached hydrogen (secondary N) is 1. The van der Waals surface area contributed by atoms with Crippen molar-refractivity contribution in [3.63, 3.8) is 0 Å². The van der Waals surface area contributed by atoms with Crippen molar-refractivity contribution in [1.29, 1.82) is 0 Å². The van der Waals surface area contributed by atoms with Crippen LogP contribution in [0.25, 0.3) is 0 Å². The number of methoxy groups -OCH3 is 1. The van der Waals surface area contributed by atoms with E-state index in [1.165, 1.54) is 18.4 Å². The van der Waals surface area contributed by atoms with Gasteiger partial charge in [-0.15, -0.1) is 0 Å². The van der Waals surface area contributed by atoms with Crippen molar-refractivity contribution in [2.75, 3.05) is 19.0 Å². The lowest BCUT2D eigenvalue weighted by Crippen LogP contribution is -1.98. The van der Waals surface area contributed by atoms with Crippen LogP contribution >= 0.6 is 22.9 Å². The molecule has 0 unspecified atom stereocenters. The second-order valence-corrected chi connectivity index (χ2v) is 3.91. The quantitative estimate of drug-likeness (QED) is 0.813. The molecule has 6 heteroatoms. The normalized spacial score (nSPS) is 9.93. The summed E-state index contributed by atoms with van der Waals surface area (Å²) >= 11 is 6.96. The van der Waals surface area contributed by atoms with Gasteiger partial charge in [-0.05, 0) is 6.42 Å². The number of ether oxygens (including phenoxy) is 1. The molecule has 0 aliphatic carbocycles. The van der Waals surface area contributed by atoms with Gasteiger partial charge in [0.2, 0.25) is 0 Å². The lowest BCUT2D eigenvalue weighted by atomic mass is 10.5. The number of aromatic nitrogens is 1. The van der Waals surface area contributed by atoms with Crippen molar-refractivity contribution in [3.05, 3.63) is 10.0 Å². The smallest absolute Gasteiger partial charge is 0.351 e. The number of carbonyl (C=O) groups excluding carboxylic acids is 1. The molecule has 0 amide bonds. The van der Waals surface area contributed by atoms with E-state index in [0.29, 0.717) is 10.0 Å². The Labute approximate surface area is 91.2 Å². The summed E-state index contributed by atoms with van der Waals surface area (Å²) in [5, 5.41) is 3.89. The van der Waals surface area contributed by atoms with Crippen molar-refractivity contribution in [2.24, 2.45) is 0 Å². The van der Waals surface area contributed by atoms with Gasteiger partial charge in [-0.3, -0.25) is 0 Å². The van der Waals surface area contributed by atoms with Crippen LogP contribution in [0.3, 0.4) is 0 Å². The highest BCUT2D eigenvalue weighted by molar-refractivity contribution is 7.18. The average Bonchev–Trinajstić information content (AvgIpc) is 2.55. The molecule has 0 fully saturated rings. The molecular weight excluding hydrogens is 224 g/mol. The van der Waals surface area contributed by atoms with Gasteiger partial charge >= 0.3 is 5.97 Å². The fourth-order valence-electron chi connectivity index (χ4n) is 0.828. The Morgan fingerprint density at radius 3 is 3.00 bits per heavy atom. The number of hydrogen-bond acceptors (Lipinski definition) is 5. The summed E-state index contributed by atoms with van der Waals surface area (Å²) in [6.07, 6.45) is 0.991. The lowest BCUT2D eigenvalue weighted by molar-refractivity contribution is 0.0606. The molecule has 1 N–H and O–H groups in total. The van der Waals surface area contributed by atoms with E-state index in [2.05, 4.69) is 15.0 Å². The molecule has 0 spiro atoms. The molecule has 0 aliphatic heterocycles. The molecule has 14 heavy (non-hydrogen) atoms. The summed E-state index contributed by atoms with van der Waals surface area (Å²) in [5.74, 6) is -0.447. The minimum atomic E-state index is -0.447. The zero-order valence-electron chi connectivity index (χ0n) is 7.96. The molecule has 1 aromatic rings. The third-order valence-electron chi connectivity index (χ3n) is 1.48. The number of hydrogen-bond donors (Lipinski definition) is 1. The van der Waals surface area contributed by atoms with E-state index in [1.807, 2.05) is 6.92 Å². The first-order valence-corrected chi connectivity index (χ1v) is 5.37. The van der Waals surface area contributed by atoms with Crippen LogP contribution in [-0.2, 0) is 4.74 Å². The topological polar surface area (TPSA) is 51.2 Å². The van der Waals surface area contributed by atoms with Crippen LogP contribution in [0.5, 0.6) is 0 Å². The molecule has 0 bridgehead atoms. The van der Waals surface area contributed by atoms with Crippen LogP contribution < -0.4 is 5.32 Å². The first kappa shape index (κ1) is 11.3. The zero-order valence-corrected chi connectivity index (χ0v) is 9.54. The Bertz CT molecular complexity index is 327. The van der Waals surface area contributed by atoms with E-state index >= 15 is 0 Å². The fraction of sp³-hybridized carbons (Fsp3) is 0.500. The monoisotopic (exact) mass is 234 g/mol. The van der Waals surface area contributed by atoms with E-state index < -0.39 is 5.97 Å². The average molecular weight is 235 g/mol. The predicted molar refractivity (Wildman–Crippen MR) is 57.2 cm³/mol. The Hall–Kier alpha value is -0.810. The summed E-state index contributed by atoms with van der Waals surface area (Å²) in [7, 11) is 1.32. The molecule has 78 valence electrons. The molecule has 1 heterocycles. The summed E-state index contributed by atoms with van der Waals surface area (Å²) in [6, 6.07) is 0. The van der Waals surface area contributed by atoms with E-state index in [1.54, 1.807) is 0 Å². The van der Waals surface area contributed by atoms with Gasteiger partial charge < -0.3 is 10.1 Å². The second-order valence-electron chi connectivity index (χ2n) is 2.56. The highest BCUT2D eigenvalue weighted by Crippen LogP contribution is 2.27.